The zero-order valence-electron chi connectivity index (χ0n) is 21.4. The Hall–Kier alpha value is -2.58. The summed E-state index contributed by atoms with van der Waals surface area (Å²) in [5.74, 6) is -0.407. The van der Waals surface area contributed by atoms with Crippen LogP contribution in [0.2, 0.25) is 5.02 Å². The largest absolute Gasteiger partial charge is 0.352 e. The number of hydrogen-bond donors (Lipinski definition) is 1. The molecule has 0 saturated heterocycles. The number of amides is 2. The van der Waals surface area contributed by atoms with Crippen LogP contribution in [-0.2, 0) is 26.2 Å². The molecule has 7 nitrogen and oxygen atoms in total. The predicted molar refractivity (Wildman–Crippen MR) is 145 cm³/mol. The first-order valence-corrected chi connectivity index (χ1v) is 14.6. The van der Waals surface area contributed by atoms with Gasteiger partial charge in [-0.3, -0.25) is 13.9 Å². The van der Waals surface area contributed by atoms with Crippen LogP contribution in [0, 0.1) is 0 Å². The van der Waals surface area contributed by atoms with Gasteiger partial charge < -0.3 is 10.2 Å². The second-order valence-corrected chi connectivity index (χ2v) is 12.2. The van der Waals surface area contributed by atoms with E-state index in [0.717, 1.165) is 47.4 Å². The summed E-state index contributed by atoms with van der Waals surface area (Å²) in [7, 11) is -3.75. The highest BCUT2D eigenvalue weighted by Gasteiger charge is 2.31. The van der Waals surface area contributed by atoms with Crippen molar-refractivity contribution in [1.29, 1.82) is 0 Å². The summed E-state index contributed by atoms with van der Waals surface area (Å²) >= 11 is 6.02. The Morgan fingerprint density at radius 3 is 2.11 bits per heavy atom. The summed E-state index contributed by atoms with van der Waals surface area (Å²) < 4.78 is 26.5. The number of sulfonamides is 1. The van der Waals surface area contributed by atoms with Crippen molar-refractivity contribution in [3.63, 3.8) is 0 Å². The number of anilines is 1. The molecule has 1 aliphatic rings. The molecule has 2 aromatic rings. The van der Waals surface area contributed by atoms with Crippen LogP contribution in [0.25, 0.3) is 0 Å². The first-order valence-electron chi connectivity index (χ1n) is 12.4. The van der Waals surface area contributed by atoms with Crippen LogP contribution in [0.5, 0.6) is 0 Å². The average Bonchev–Trinajstić information content (AvgIpc) is 3.34. The molecule has 1 unspecified atom stereocenters. The molecule has 36 heavy (non-hydrogen) atoms. The number of rotatable bonds is 10. The zero-order chi connectivity index (χ0) is 26.5. The predicted octanol–water partition coefficient (Wildman–Crippen LogP) is 4.71. The Balaban J connectivity index is 1.86. The molecule has 1 saturated carbocycles. The van der Waals surface area contributed by atoms with Gasteiger partial charge >= 0.3 is 0 Å². The fourth-order valence-electron chi connectivity index (χ4n) is 4.40. The molecule has 196 valence electrons. The number of hydrogen-bond acceptors (Lipinski definition) is 4. The molecule has 1 fully saturated rings. The quantitative estimate of drug-likeness (QED) is 0.479. The highest BCUT2D eigenvalue weighted by molar-refractivity contribution is 7.92. The monoisotopic (exact) mass is 533 g/mol. The normalized spacial score (nSPS) is 15.1. The standard InChI is InChI=1S/C27H36ClN3O4S/c1-19(2)22-11-15-25(16-12-22)31(36(4,34)35)18-26(32)30(17-21-9-13-23(28)14-10-21)20(3)27(33)29-24-7-5-6-8-24/h9-16,19-20,24H,5-8,17-18H2,1-4H3,(H,29,33). The lowest BCUT2D eigenvalue weighted by Crippen LogP contribution is -2.52. The zero-order valence-corrected chi connectivity index (χ0v) is 23.0. The Bertz CT molecular complexity index is 1140. The Kier molecular flexibility index (Phi) is 9.41. The van der Waals surface area contributed by atoms with E-state index in [1.54, 1.807) is 43.3 Å². The minimum absolute atomic E-state index is 0.111. The third-order valence-electron chi connectivity index (χ3n) is 6.66. The molecule has 2 amide bonds. The Labute approximate surface area is 219 Å². The third kappa shape index (κ3) is 7.46. The second-order valence-electron chi connectivity index (χ2n) is 9.83. The molecule has 0 aliphatic heterocycles. The van der Waals surface area contributed by atoms with E-state index in [9.17, 15) is 18.0 Å². The van der Waals surface area contributed by atoms with Crippen molar-refractivity contribution < 1.29 is 18.0 Å². The Morgan fingerprint density at radius 2 is 1.58 bits per heavy atom. The van der Waals surface area contributed by atoms with E-state index in [1.807, 2.05) is 12.1 Å². The van der Waals surface area contributed by atoms with Gasteiger partial charge in [-0.15, -0.1) is 0 Å². The molecule has 2 aromatic carbocycles. The van der Waals surface area contributed by atoms with Crippen molar-refractivity contribution in [3.8, 4) is 0 Å². The Morgan fingerprint density at radius 1 is 1.00 bits per heavy atom. The van der Waals surface area contributed by atoms with E-state index in [4.69, 9.17) is 11.6 Å². The van der Waals surface area contributed by atoms with Gasteiger partial charge in [-0.2, -0.15) is 0 Å². The SMILES string of the molecule is CC(C)c1ccc(N(CC(=O)N(Cc2ccc(Cl)cc2)C(C)C(=O)NC2CCCC2)S(C)(=O)=O)cc1. The van der Waals surface area contributed by atoms with E-state index in [2.05, 4.69) is 19.2 Å². The van der Waals surface area contributed by atoms with Gasteiger partial charge in [0.15, 0.2) is 0 Å². The summed E-state index contributed by atoms with van der Waals surface area (Å²) in [5.41, 5.74) is 2.27. The number of nitrogens with zero attached hydrogens (tertiary/aromatic N) is 2. The fraction of sp³-hybridized carbons (Fsp3) is 0.481. The lowest BCUT2D eigenvalue weighted by Gasteiger charge is -2.32. The molecule has 1 atom stereocenters. The van der Waals surface area contributed by atoms with Gasteiger partial charge in [0.05, 0.1) is 11.9 Å². The number of benzene rings is 2. The van der Waals surface area contributed by atoms with Gasteiger partial charge in [0, 0.05) is 17.6 Å². The minimum Gasteiger partial charge on any atom is -0.352 e. The number of carbonyl (C=O) groups excluding carboxylic acids is 2. The van der Waals surface area contributed by atoms with Crippen LogP contribution in [-0.4, -0.2) is 50.0 Å². The van der Waals surface area contributed by atoms with Crippen LogP contribution in [0.3, 0.4) is 0 Å². The topological polar surface area (TPSA) is 86.8 Å². The first kappa shape index (κ1) is 28.0. The fourth-order valence-corrected chi connectivity index (χ4v) is 5.38. The summed E-state index contributed by atoms with van der Waals surface area (Å²) in [6.45, 7) is 5.53. The van der Waals surface area contributed by atoms with Crippen molar-refractivity contribution in [2.75, 3.05) is 17.1 Å². The number of nitrogens with one attached hydrogen (secondary N) is 1. The van der Waals surface area contributed by atoms with Crippen molar-refractivity contribution in [3.05, 3.63) is 64.7 Å². The molecule has 9 heteroatoms. The highest BCUT2D eigenvalue weighted by atomic mass is 35.5. The number of halogens is 1. The van der Waals surface area contributed by atoms with Gasteiger partial charge in [0.25, 0.3) is 0 Å². The lowest BCUT2D eigenvalue weighted by molar-refractivity contribution is -0.139. The molecule has 0 radical (unpaired) electrons. The molecule has 0 aromatic heterocycles. The maximum absolute atomic E-state index is 13.6. The molecule has 0 spiro atoms. The maximum Gasteiger partial charge on any atom is 0.244 e. The summed E-state index contributed by atoms with van der Waals surface area (Å²) in [4.78, 5) is 28.1. The molecule has 3 rings (SSSR count). The summed E-state index contributed by atoms with van der Waals surface area (Å²) in [6, 6.07) is 13.5. The van der Waals surface area contributed by atoms with Crippen LogP contribution in [0.4, 0.5) is 5.69 Å². The maximum atomic E-state index is 13.6. The minimum atomic E-state index is -3.75. The molecule has 0 bridgehead atoms. The highest BCUT2D eigenvalue weighted by Crippen LogP contribution is 2.23. The molecule has 0 heterocycles. The van der Waals surface area contributed by atoms with E-state index in [-0.39, 0.29) is 18.5 Å². The van der Waals surface area contributed by atoms with E-state index in [1.165, 1.54) is 4.90 Å². The lowest BCUT2D eigenvalue weighted by atomic mass is 10.0. The molecule has 1 N–H and O–H groups in total. The van der Waals surface area contributed by atoms with Crippen LogP contribution >= 0.6 is 11.6 Å². The van der Waals surface area contributed by atoms with Gasteiger partial charge in [-0.05, 0) is 61.1 Å². The van der Waals surface area contributed by atoms with Crippen LogP contribution in [0.15, 0.2) is 48.5 Å². The van der Waals surface area contributed by atoms with Gasteiger partial charge in [-0.25, -0.2) is 8.42 Å². The van der Waals surface area contributed by atoms with Crippen molar-refractivity contribution in [2.24, 2.45) is 0 Å². The third-order valence-corrected chi connectivity index (χ3v) is 8.05. The average molecular weight is 534 g/mol. The van der Waals surface area contributed by atoms with Gasteiger partial charge in [0.1, 0.15) is 12.6 Å². The summed E-state index contributed by atoms with van der Waals surface area (Å²) in [5, 5.41) is 3.62. The van der Waals surface area contributed by atoms with Gasteiger partial charge in [0.2, 0.25) is 21.8 Å². The van der Waals surface area contributed by atoms with Crippen molar-refractivity contribution in [1.82, 2.24) is 10.2 Å². The molecular weight excluding hydrogens is 498 g/mol. The van der Waals surface area contributed by atoms with Crippen LogP contribution in [0.1, 0.15) is 63.5 Å². The number of carbonyl (C=O) groups is 2. The van der Waals surface area contributed by atoms with E-state index >= 15 is 0 Å². The first-order chi connectivity index (χ1) is 17.0. The van der Waals surface area contributed by atoms with E-state index < -0.39 is 28.5 Å². The van der Waals surface area contributed by atoms with Crippen molar-refractivity contribution >= 4 is 39.1 Å². The molecule has 1 aliphatic carbocycles. The van der Waals surface area contributed by atoms with Gasteiger partial charge in [-0.1, -0.05) is 62.6 Å². The second kappa shape index (κ2) is 12.1. The van der Waals surface area contributed by atoms with Crippen LogP contribution < -0.4 is 9.62 Å². The van der Waals surface area contributed by atoms with E-state index in [0.29, 0.717) is 16.6 Å². The smallest absolute Gasteiger partial charge is 0.244 e. The summed E-state index contributed by atoms with van der Waals surface area (Å²) in [6.07, 6.45) is 5.09. The van der Waals surface area contributed by atoms with Crippen molar-refractivity contribution in [2.45, 2.75) is 71.0 Å². The molecular formula is C27H36ClN3O4S.